The summed E-state index contributed by atoms with van der Waals surface area (Å²) >= 11 is 0. The molecule has 0 spiro atoms. The van der Waals surface area contributed by atoms with E-state index in [2.05, 4.69) is 5.32 Å². The number of aliphatic carboxylic acids is 1. The van der Waals surface area contributed by atoms with Gasteiger partial charge in [0, 0.05) is 5.56 Å². The van der Waals surface area contributed by atoms with Gasteiger partial charge in [-0.15, -0.1) is 0 Å². The third-order valence-electron chi connectivity index (χ3n) is 2.43. The van der Waals surface area contributed by atoms with E-state index in [9.17, 15) is 9.59 Å². The van der Waals surface area contributed by atoms with E-state index in [1.807, 2.05) is 19.1 Å². The third-order valence-corrected chi connectivity index (χ3v) is 2.43. The monoisotopic (exact) mass is 237 g/mol. The number of aryl methyl sites for hydroxylation is 1. The number of rotatable bonds is 5. The van der Waals surface area contributed by atoms with Gasteiger partial charge >= 0.3 is 5.97 Å². The van der Waals surface area contributed by atoms with Crippen molar-refractivity contribution >= 4 is 11.9 Å². The van der Waals surface area contributed by atoms with E-state index in [0.717, 1.165) is 5.56 Å². The van der Waals surface area contributed by atoms with E-state index in [0.29, 0.717) is 12.0 Å². The van der Waals surface area contributed by atoms with Crippen LogP contribution < -0.4 is 5.32 Å². The average Bonchev–Trinajstić information content (AvgIpc) is 2.35. The number of hydrogen-bond donors (Lipinski definition) is 3. The lowest BCUT2D eigenvalue weighted by atomic mass is 10.0. The molecule has 0 fully saturated rings. The number of carbonyl (C=O) groups excluding carboxylic acids is 1. The zero-order valence-corrected chi connectivity index (χ0v) is 9.51. The van der Waals surface area contributed by atoms with Crippen LogP contribution in [0.25, 0.3) is 0 Å². The Morgan fingerprint density at radius 1 is 1.35 bits per heavy atom. The first-order chi connectivity index (χ1) is 8.10. The molecule has 5 nitrogen and oxygen atoms in total. The molecule has 92 valence electrons. The Bertz CT molecular complexity index is 417. The predicted molar refractivity (Wildman–Crippen MR) is 61.8 cm³/mol. The van der Waals surface area contributed by atoms with Gasteiger partial charge in [-0.3, -0.25) is 4.79 Å². The van der Waals surface area contributed by atoms with E-state index in [-0.39, 0.29) is 0 Å². The average molecular weight is 237 g/mol. The molecule has 1 aromatic carbocycles. The molecule has 17 heavy (non-hydrogen) atoms. The van der Waals surface area contributed by atoms with Crippen molar-refractivity contribution in [1.29, 1.82) is 0 Å². The molecule has 0 saturated carbocycles. The summed E-state index contributed by atoms with van der Waals surface area (Å²) in [5, 5.41) is 19.8. The van der Waals surface area contributed by atoms with Crippen molar-refractivity contribution in [1.82, 2.24) is 5.32 Å². The van der Waals surface area contributed by atoms with E-state index in [4.69, 9.17) is 10.2 Å². The molecule has 0 aliphatic carbocycles. The summed E-state index contributed by atoms with van der Waals surface area (Å²) in [6.07, 6.45) is 0.681. The van der Waals surface area contributed by atoms with Crippen LogP contribution in [0.5, 0.6) is 0 Å². The second kappa shape index (κ2) is 6.00. The largest absolute Gasteiger partial charge is 0.480 e. The molecular formula is C12H15NO4. The molecule has 0 saturated heterocycles. The smallest absolute Gasteiger partial charge is 0.328 e. The molecule has 0 aliphatic heterocycles. The normalized spacial score (nSPS) is 11.9. The lowest BCUT2D eigenvalue weighted by Gasteiger charge is -2.13. The lowest BCUT2D eigenvalue weighted by molar-refractivity contribution is -0.140. The van der Waals surface area contributed by atoms with Gasteiger partial charge in [0.15, 0.2) is 6.04 Å². The fourth-order valence-corrected chi connectivity index (χ4v) is 1.47. The van der Waals surface area contributed by atoms with Crippen LogP contribution in [0.2, 0.25) is 0 Å². The summed E-state index contributed by atoms with van der Waals surface area (Å²) in [5.41, 5.74) is 1.28. The summed E-state index contributed by atoms with van der Waals surface area (Å²) in [7, 11) is 0. The van der Waals surface area contributed by atoms with Gasteiger partial charge in [-0.05, 0) is 18.1 Å². The molecule has 1 rings (SSSR count). The van der Waals surface area contributed by atoms with Crippen LogP contribution in [-0.2, 0) is 11.2 Å². The molecule has 1 atom stereocenters. The van der Waals surface area contributed by atoms with E-state index in [1.165, 1.54) is 0 Å². The fraction of sp³-hybridized carbons (Fsp3) is 0.333. The third kappa shape index (κ3) is 3.29. The molecule has 0 aliphatic rings. The van der Waals surface area contributed by atoms with Crippen molar-refractivity contribution in [3.05, 3.63) is 35.4 Å². The molecule has 1 amide bonds. The van der Waals surface area contributed by atoms with Crippen LogP contribution in [0, 0.1) is 0 Å². The highest BCUT2D eigenvalue weighted by atomic mass is 16.4. The first-order valence-corrected chi connectivity index (χ1v) is 5.32. The van der Waals surface area contributed by atoms with Gasteiger partial charge in [-0.25, -0.2) is 4.79 Å². The highest BCUT2D eigenvalue weighted by Gasteiger charge is 2.20. The minimum Gasteiger partial charge on any atom is -0.480 e. The van der Waals surface area contributed by atoms with Crippen molar-refractivity contribution in [3.63, 3.8) is 0 Å². The van der Waals surface area contributed by atoms with Gasteiger partial charge in [0.05, 0.1) is 6.61 Å². The summed E-state index contributed by atoms with van der Waals surface area (Å²) in [6, 6.07) is 5.69. The van der Waals surface area contributed by atoms with Crippen molar-refractivity contribution < 1.29 is 19.8 Å². The topological polar surface area (TPSA) is 86.6 Å². The van der Waals surface area contributed by atoms with Gasteiger partial charge in [0.2, 0.25) is 0 Å². The maximum absolute atomic E-state index is 11.8. The van der Waals surface area contributed by atoms with Crippen LogP contribution in [0.3, 0.4) is 0 Å². The van der Waals surface area contributed by atoms with Gasteiger partial charge in [0.1, 0.15) is 0 Å². The number of aliphatic hydroxyl groups excluding tert-OH is 1. The first kappa shape index (κ1) is 13.2. The summed E-state index contributed by atoms with van der Waals surface area (Å²) in [4.78, 5) is 22.5. The molecule has 1 aromatic rings. The Hall–Kier alpha value is -1.88. The zero-order chi connectivity index (χ0) is 12.8. The lowest BCUT2D eigenvalue weighted by Crippen LogP contribution is -2.43. The number of carbonyl (C=O) groups is 2. The Balaban J connectivity index is 2.86. The van der Waals surface area contributed by atoms with E-state index >= 15 is 0 Å². The highest BCUT2D eigenvalue weighted by Crippen LogP contribution is 2.09. The predicted octanol–water partition coefficient (Wildman–Crippen LogP) is 0.424. The Labute approximate surface area is 99.1 Å². The SMILES string of the molecule is CCc1ccccc1C(=O)N[C@@H](CO)C(=O)O. The van der Waals surface area contributed by atoms with Gasteiger partial charge < -0.3 is 15.5 Å². The van der Waals surface area contributed by atoms with Crippen LogP contribution in [0.15, 0.2) is 24.3 Å². The van der Waals surface area contributed by atoms with Gasteiger partial charge in [0.25, 0.3) is 5.91 Å². The fourth-order valence-electron chi connectivity index (χ4n) is 1.47. The number of carboxylic acid groups (broad SMARTS) is 1. The maximum Gasteiger partial charge on any atom is 0.328 e. The highest BCUT2D eigenvalue weighted by molar-refractivity contribution is 5.97. The summed E-state index contributed by atoms with van der Waals surface area (Å²) < 4.78 is 0. The van der Waals surface area contributed by atoms with Crippen molar-refractivity contribution in [3.8, 4) is 0 Å². The number of amides is 1. The zero-order valence-electron chi connectivity index (χ0n) is 9.51. The molecule has 3 N–H and O–H groups in total. The molecule has 0 radical (unpaired) electrons. The maximum atomic E-state index is 11.8. The van der Waals surface area contributed by atoms with E-state index < -0.39 is 24.5 Å². The number of benzene rings is 1. The second-order valence-corrected chi connectivity index (χ2v) is 3.56. The van der Waals surface area contributed by atoms with Crippen LogP contribution in [0.4, 0.5) is 0 Å². The Kier molecular flexibility index (Phi) is 4.66. The Morgan fingerprint density at radius 3 is 2.53 bits per heavy atom. The summed E-state index contributed by atoms with van der Waals surface area (Å²) in [5.74, 6) is -1.74. The number of aliphatic hydroxyl groups is 1. The number of carboxylic acids is 1. The minimum atomic E-state index is -1.27. The van der Waals surface area contributed by atoms with Crippen molar-refractivity contribution in [2.24, 2.45) is 0 Å². The molecule has 0 heterocycles. The minimum absolute atomic E-state index is 0.440. The van der Waals surface area contributed by atoms with Crippen LogP contribution in [0.1, 0.15) is 22.8 Å². The van der Waals surface area contributed by atoms with E-state index in [1.54, 1.807) is 12.1 Å². The van der Waals surface area contributed by atoms with Crippen molar-refractivity contribution in [2.45, 2.75) is 19.4 Å². The molecular weight excluding hydrogens is 222 g/mol. The molecule has 0 unspecified atom stereocenters. The second-order valence-electron chi connectivity index (χ2n) is 3.56. The van der Waals surface area contributed by atoms with Gasteiger partial charge in [-0.2, -0.15) is 0 Å². The molecule has 5 heteroatoms. The van der Waals surface area contributed by atoms with Crippen LogP contribution in [-0.4, -0.2) is 34.7 Å². The standard InChI is InChI=1S/C12H15NO4/c1-2-8-5-3-4-6-9(8)11(15)13-10(7-14)12(16)17/h3-6,10,14H,2,7H2,1H3,(H,13,15)(H,16,17)/t10-/m0/s1. The van der Waals surface area contributed by atoms with Gasteiger partial charge in [-0.1, -0.05) is 25.1 Å². The molecule has 0 bridgehead atoms. The molecule has 0 aromatic heterocycles. The van der Waals surface area contributed by atoms with Crippen molar-refractivity contribution in [2.75, 3.05) is 6.61 Å². The number of nitrogens with one attached hydrogen (secondary N) is 1. The quantitative estimate of drug-likeness (QED) is 0.693. The summed E-state index contributed by atoms with van der Waals surface area (Å²) in [6.45, 7) is 1.28. The van der Waals surface area contributed by atoms with Crippen LogP contribution >= 0.6 is 0 Å². The number of hydrogen-bond acceptors (Lipinski definition) is 3. The first-order valence-electron chi connectivity index (χ1n) is 5.32. The Morgan fingerprint density at radius 2 is 2.00 bits per heavy atom.